The van der Waals surface area contributed by atoms with E-state index in [4.69, 9.17) is 19.3 Å². The van der Waals surface area contributed by atoms with Crippen LogP contribution in [0.25, 0.3) is 0 Å². The second-order valence-corrected chi connectivity index (χ2v) is 3.20. The van der Waals surface area contributed by atoms with Gasteiger partial charge in [0, 0.05) is 20.3 Å². The van der Waals surface area contributed by atoms with Gasteiger partial charge in [-0.25, -0.2) is 0 Å². The van der Waals surface area contributed by atoms with Gasteiger partial charge in [0.15, 0.2) is 0 Å². The van der Waals surface area contributed by atoms with Gasteiger partial charge in [-0.1, -0.05) is 0 Å². The van der Waals surface area contributed by atoms with Crippen LogP contribution in [0.4, 0.5) is 0 Å². The van der Waals surface area contributed by atoms with E-state index in [1.54, 1.807) is 14.2 Å². The normalized spacial score (nSPS) is 13.0. The third kappa shape index (κ3) is 10.1. The second kappa shape index (κ2) is 11.9. The van der Waals surface area contributed by atoms with Gasteiger partial charge in [0.1, 0.15) is 0 Å². The maximum absolute atomic E-state index is 8.84. The molecule has 0 saturated carbocycles. The van der Waals surface area contributed by atoms with Crippen LogP contribution < -0.4 is 5.32 Å². The van der Waals surface area contributed by atoms with E-state index in [1.165, 1.54) is 0 Å². The predicted octanol–water partition coefficient (Wildman–Crippen LogP) is -0.364. The number of hydrogen-bond acceptors (Lipinski definition) is 5. The molecule has 0 aromatic carbocycles. The first-order chi connectivity index (χ1) is 7.35. The monoisotopic (exact) mass is 221 g/mol. The molecular formula is C10H23NO4. The highest BCUT2D eigenvalue weighted by molar-refractivity contribution is 4.59. The second-order valence-electron chi connectivity index (χ2n) is 3.20. The average molecular weight is 221 g/mol. The Labute approximate surface area is 91.7 Å². The smallest absolute Gasteiger partial charge is 0.0700 e. The molecule has 2 N–H and O–H groups in total. The van der Waals surface area contributed by atoms with Crippen LogP contribution in [0.5, 0.6) is 0 Å². The number of rotatable bonds is 11. The van der Waals surface area contributed by atoms with Crippen molar-refractivity contribution in [1.29, 1.82) is 0 Å². The summed E-state index contributed by atoms with van der Waals surface area (Å²) in [7, 11) is 3.46. The summed E-state index contributed by atoms with van der Waals surface area (Å²) in [4.78, 5) is 0. The molecule has 0 heterocycles. The van der Waals surface area contributed by atoms with Gasteiger partial charge in [0.2, 0.25) is 0 Å². The van der Waals surface area contributed by atoms with Crippen molar-refractivity contribution in [3.8, 4) is 0 Å². The van der Waals surface area contributed by atoms with E-state index in [1.807, 2.05) is 0 Å². The molecule has 0 aromatic rings. The Balaban J connectivity index is 3.04. The van der Waals surface area contributed by atoms with Crippen LogP contribution in [-0.2, 0) is 14.2 Å². The minimum absolute atomic E-state index is 0.0272. The van der Waals surface area contributed by atoms with Gasteiger partial charge in [-0.15, -0.1) is 0 Å². The summed E-state index contributed by atoms with van der Waals surface area (Å²) in [6, 6.07) is 0.0272. The molecule has 0 saturated heterocycles. The molecule has 0 aliphatic heterocycles. The molecule has 1 atom stereocenters. The highest BCUT2D eigenvalue weighted by atomic mass is 16.5. The molecule has 1 unspecified atom stereocenters. The molecule has 0 spiro atoms. The summed E-state index contributed by atoms with van der Waals surface area (Å²) < 4.78 is 15.5. The molecule has 0 aromatic heterocycles. The highest BCUT2D eigenvalue weighted by Crippen LogP contribution is 1.88. The van der Waals surface area contributed by atoms with E-state index < -0.39 is 0 Å². The van der Waals surface area contributed by atoms with Crippen LogP contribution in [0, 0.1) is 0 Å². The van der Waals surface area contributed by atoms with E-state index in [0.29, 0.717) is 33.0 Å². The lowest BCUT2D eigenvalue weighted by molar-refractivity contribution is 0.0438. The summed E-state index contributed by atoms with van der Waals surface area (Å²) >= 11 is 0. The Bertz CT molecular complexity index is 120. The van der Waals surface area contributed by atoms with Crippen LogP contribution >= 0.6 is 0 Å². The van der Waals surface area contributed by atoms with Gasteiger partial charge in [-0.3, -0.25) is 0 Å². The summed E-state index contributed by atoms with van der Waals surface area (Å²) in [6.07, 6.45) is 0.867. The van der Waals surface area contributed by atoms with Crippen molar-refractivity contribution in [3.05, 3.63) is 0 Å². The summed E-state index contributed by atoms with van der Waals surface area (Å²) in [6.45, 7) is 3.24. The Morgan fingerprint density at radius 3 is 2.47 bits per heavy atom. The average Bonchev–Trinajstić information content (AvgIpc) is 2.27. The molecule has 0 radical (unpaired) electrons. The van der Waals surface area contributed by atoms with Gasteiger partial charge in [0.05, 0.1) is 32.5 Å². The van der Waals surface area contributed by atoms with E-state index >= 15 is 0 Å². The maximum Gasteiger partial charge on any atom is 0.0700 e. The van der Waals surface area contributed by atoms with E-state index in [2.05, 4.69) is 5.32 Å². The molecule has 5 heteroatoms. The minimum atomic E-state index is 0.0272. The van der Waals surface area contributed by atoms with Gasteiger partial charge >= 0.3 is 0 Å². The summed E-state index contributed by atoms with van der Waals surface area (Å²) in [5.41, 5.74) is 0. The molecule has 0 fully saturated rings. The van der Waals surface area contributed by atoms with Gasteiger partial charge < -0.3 is 24.6 Å². The molecule has 0 rings (SSSR count). The number of aliphatic hydroxyl groups excluding tert-OH is 1. The first kappa shape index (κ1) is 14.8. The first-order valence-electron chi connectivity index (χ1n) is 5.27. The molecule has 92 valence electrons. The lowest BCUT2D eigenvalue weighted by Gasteiger charge is -2.13. The van der Waals surface area contributed by atoms with E-state index in [0.717, 1.165) is 6.42 Å². The van der Waals surface area contributed by atoms with E-state index in [9.17, 15) is 0 Å². The van der Waals surface area contributed by atoms with Crippen LogP contribution in [0.1, 0.15) is 6.42 Å². The first-order valence-corrected chi connectivity index (χ1v) is 5.27. The minimum Gasteiger partial charge on any atom is -0.395 e. The van der Waals surface area contributed by atoms with Crippen molar-refractivity contribution in [1.82, 2.24) is 5.32 Å². The molecule has 15 heavy (non-hydrogen) atoms. The van der Waals surface area contributed by atoms with Crippen molar-refractivity contribution < 1.29 is 19.3 Å². The van der Waals surface area contributed by atoms with Crippen molar-refractivity contribution in [2.45, 2.75) is 12.5 Å². The molecular weight excluding hydrogens is 198 g/mol. The number of ether oxygens (including phenoxy) is 3. The lowest BCUT2D eigenvalue weighted by Crippen LogP contribution is -2.33. The summed E-state index contributed by atoms with van der Waals surface area (Å²) in [5, 5.41) is 11.8. The van der Waals surface area contributed by atoms with Gasteiger partial charge in [0.25, 0.3) is 0 Å². The fraction of sp³-hybridized carbons (Fsp3) is 1.00. The topological polar surface area (TPSA) is 60.0 Å². The highest BCUT2D eigenvalue weighted by Gasteiger charge is 2.02. The Kier molecular flexibility index (Phi) is 11.7. The summed E-state index contributed by atoms with van der Waals surface area (Å²) in [5.74, 6) is 0. The predicted molar refractivity (Wildman–Crippen MR) is 58.1 cm³/mol. The zero-order valence-corrected chi connectivity index (χ0v) is 9.70. The third-order valence-electron chi connectivity index (χ3n) is 1.96. The SMILES string of the molecule is CNC(CO)COCCCOCCOC. The van der Waals surface area contributed by atoms with Crippen molar-refractivity contribution in [3.63, 3.8) is 0 Å². The standard InChI is InChI=1S/C10H23NO4/c1-11-10(8-12)9-15-5-3-4-14-7-6-13-2/h10-12H,3-9H2,1-2H3. The van der Waals surface area contributed by atoms with Crippen molar-refractivity contribution in [2.75, 3.05) is 53.8 Å². The largest absolute Gasteiger partial charge is 0.395 e. The number of hydrogen-bond donors (Lipinski definition) is 2. The van der Waals surface area contributed by atoms with Crippen LogP contribution in [0.3, 0.4) is 0 Å². The fourth-order valence-corrected chi connectivity index (χ4v) is 0.960. The Hall–Kier alpha value is -0.200. The quantitative estimate of drug-likeness (QED) is 0.466. The number of methoxy groups -OCH3 is 1. The van der Waals surface area contributed by atoms with E-state index in [-0.39, 0.29) is 12.6 Å². The fourth-order valence-electron chi connectivity index (χ4n) is 0.960. The molecule has 0 amide bonds. The number of likely N-dealkylation sites (N-methyl/N-ethyl adjacent to an activating group) is 1. The van der Waals surface area contributed by atoms with Crippen LogP contribution in [0.15, 0.2) is 0 Å². The van der Waals surface area contributed by atoms with Crippen molar-refractivity contribution >= 4 is 0 Å². The maximum atomic E-state index is 8.84. The number of aliphatic hydroxyl groups is 1. The molecule has 0 aliphatic rings. The van der Waals surface area contributed by atoms with Gasteiger partial charge in [-0.05, 0) is 13.5 Å². The Morgan fingerprint density at radius 2 is 1.87 bits per heavy atom. The molecule has 0 aliphatic carbocycles. The zero-order valence-electron chi connectivity index (χ0n) is 9.70. The molecule has 0 bridgehead atoms. The Morgan fingerprint density at radius 1 is 1.13 bits per heavy atom. The van der Waals surface area contributed by atoms with Crippen LogP contribution in [0.2, 0.25) is 0 Å². The zero-order chi connectivity index (χ0) is 11.4. The molecule has 5 nitrogen and oxygen atoms in total. The van der Waals surface area contributed by atoms with Gasteiger partial charge in [-0.2, -0.15) is 0 Å². The lowest BCUT2D eigenvalue weighted by atomic mass is 10.3. The third-order valence-corrected chi connectivity index (χ3v) is 1.96. The van der Waals surface area contributed by atoms with Crippen molar-refractivity contribution in [2.24, 2.45) is 0 Å². The number of nitrogens with one attached hydrogen (secondary N) is 1. The van der Waals surface area contributed by atoms with Crippen LogP contribution in [-0.4, -0.2) is 64.9 Å².